The number of hydrogen-bond acceptors (Lipinski definition) is 4. The van der Waals surface area contributed by atoms with Crippen LogP contribution >= 0.6 is 0 Å². The van der Waals surface area contributed by atoms with Crippen LogP contribution < -0.4 is 11.1 Å². The fourth-order valence-corrected chi connectivity index (χ4v) is 4.08. The third kappa shape index (κ3) is 3.67. The summed E-state index contributed by atoms with van der Waals surface area (Å²) in [4.78, 5) is 18.9. The van der Waals surface area contributed by atoms with Gasteiger partial charge in [0.25, 0.3) is 0 Å². The van der Waals surface area contributed by atoms with Crippen LogP contribution in [0.25, 0.3) is 11.3 Å². The average molecular weight is 425 g/mol. The number of carbonyl (C=O) groups is 1. The highest BCUT2D eigenvalue weighted by molar-refractivity contribution is 5.80. The molecule has 2 aromatic carbocycles. The lowest BCUT2D eigenvalue weighted by atomic mass is 9.99. The number of halogens is 2. The summed E-state index contributed by atoms with van der Waals surface area (Å²) in [5.41, 5.74) is 7.11. The Morgan fingerprint density at radius 1 is 1.16 bits per heavy atom. The van der Waals surface area contributed by atoms with Gasteiger partial charge in [-0.05, 0) is 62.7 Å². The van der Waals surface area contributed by atoms with Crippen LogP contribution in [-0.4, -0.2) is 33.4 Å². The summed E-state index contributed by atoms with van der Waals surface area (Å²) < 4.78 is 30.3. The van der Waals surface area contributed by atoms with Gasteiger partial charge in [0.05, 0.1) is 12.1 Å². The van der Waals surface area contributed by atoms with Crippen LogP contribution in [-0.2, 0) is 16.9 Å². The summed E-state index contributed by atoms with van der Waals surface area (Å²) in [6, 6.07) is 10.9. The van der Waals surface area contributed by atoms with Gasteiger partial charge in [-0.15, -0.1) is 0 Å². The number of fused-ring (bicyclic) bond motifs is 1. The fourth-order valence-electron chi connectivity index (χ4n) is 4.08. The predicted octanol–water partition coefficient (Wildman–Crippen LogP) is 3.92. The molecule has 0 atom stereocenters. The number of carbonyl (C=O) groups excluding carboxylic acids is 1. The molecule has 31 heavy (non-hydrogen) atoms. The van der Waals surface area contributed by atoms with Crippen LogP contribution in [0.2, 0.25) is 0 Å². The zero-order valence-corrected chi connectivity index (χ0v) is 17.7. The summed E-state index contributed by atoms with van der Waals surface area (Å²) in [6.45, 7) is 6.44. The zero-order valence-electron chi connectivity index (χ0n) is 17.7. The smallest absolute Gasteiger partial charge is 0.237 e. The maximum Gasteiger partial charge on any atom is 0.237 e. The Bertz CT molecular complexity index is 1140. The molecule has 1 aliphatic rings. The second-order valence-corrected chi connectivity index (χ2v) is 8.21. The molecule has 2 heterocycles. The molecule has 1 amide bonds. The van der Waals surface area contributed by atoms with E-state index in [1.807, 2.05) is 31.4 Å². The van der Waals surface area contributed by atoms with Crippen LogP contribution in [0.5, 0.6) is 0 Å². The van der Waals surface area contributed by atoms with Crippen LogP contribution in [0, 0.1) is 18.6 Å². The molecule has 0 aliphatic carbocycles. The predicted molar refractivity (Wildman–Crippen MR) is 116 cm³/mol. The molecule has 6 nitrogen and oxygen atoms in total. The summed E-state index contributed by atoms with van der Waals surface area (Å²) in [7, 11) is 0. The highest BCUT2D eigenvalue weighted by Gasteiger charge is 2.41. The second-order valence-electron chi connectivity index (χ2n) is 8.21. The van der Waals surface area contributed by atoms with E-state index in [2.05, 4.69) is 5.32 Å². The van der Waals surface area contributed by atoms with Crippen LogP contribution in [0.1, 0.15) is 25.2 Å². The molecule has 0 saturated carbocycles. The molecule has 0 bridgehead atoms. The van der Waals surface area contributed by atoms with Gasteiger partial charge in [0.15, 0.2) is 0 Å². The minimum absolute atomic E-state index is 0.0930. The fraction of sp³-hybridized carbons (Fsp3) is 0.304. The third-order valence-corrected chi connectivity index (χ3v) is 5.70. The Hall–Kier alpha value is -3.26. The molecule has 0 saturated heterocycles. The van der Waals surface area contributed by atoms with Gasteiger partial charge in [0, 0.05) is 24.3 Å². The number of hydrogen-bond donors (Lipinski definition) is 2. The molecule has 162 valence electrons. The van der Waals surface area contributed by atoms with E-state index >= 15 is 0 Å². The van der Waals surface area contributed by atoms with Gasteiger partial charge >= 0.3 is 0 Å². The molecule has 0 fully saturated rings. The van der Waals surface area contributed by atoms with Crippen molar-refractivity contribution in [2.75, 3.05) is 18.4 Å². The van der Waals surface area contributed by atoms with Crippen molar-refractivity contribution in [3.63, 3.8) is 0 Å². The van der Waals surface area contributed by atoms with Gasteiger partial charge in [-0.1, -0.05) is 6.07 Å². The second kappa shape index (κ2) is 7.77. The maximum absolute atomic E-state index is 14.9. The molecular formula is C23H25F2N5O. The van der Waals surface area contributed by atoms with Crippen molar-refractivity contribution in [1.82, 2.24) is 14.5 Å². The van der Waals surface area contributed by atoms with Gasteiger partial charge < -0.3 is 20.5 Å². The molecule has 0 spiro atoms. The van der Waals surface area contributed by atoms with Gasteiger partial charge in [0.1, 0.15) is 29.0 Å². The molecule has 0 radical (unpaired) electrons. The number of nitrogens with zero attached hydrogens (tertiary/aromatic N) is 3. The Morgan fingerprint density at radius 3 is 2.52 bits per heavy atom. The average Bonchev–Trinajstić information content (AvgIpc) is 3.09. The lowest BCUT2D eigenvalue weighted by molar-refractivity contribution is -0.137. The topological polar surface area (TPSA) is 76.2 Å². The molecule has 1 aromatic heterocycles. The largest absolute Gasteiger partial charge is 0.340 e. The van der Waals surface area contributed by atoms with E-state index in [0.717, 1.165) is 5.56 Å². The van der Waals surface area contributed by atoms with E-state index in [1.54, 1.807) is 23.1 Å². The Morgan fingerprint density at radius 2 is 1.87 bits per heavy atom. The quantitative estimate of drug-likeness (QED) is 0.664. The molecular weight excluding hydrogens is 400 g/mol. The molecule has 3 N–H and O–H groups in total. The number of rotatable bonds is 4. The first-order valence-electron chi connectivity index (χ1n) is 10.1. The Kier molecular flexibility index (Phi) is 5.26. The summed E-state index contributed by atoms with van der Waals surface area (Å²) in [5.74, 6) is 0.320. The van der Waals surface area contributed by atoms with Crippen LogP contribution in [0.3, 0.4) is 0 Å². The standard InChI is InChI=1S/C23H25F2N5O/c1-14-4-9-17(18(25)12-14)20-21(27-16-7-5-15(24)6-8-16)29-10-11-30(19(31)13-26)23(2,3)22(29)28-20/h4-9,12,27H,10-11,13,26H2,1-3H3. The molecule has 0 unspecified atom stereocenters. The normalized spacial score (nSPS) is 15.0. The lowest BCUT2D eigenvalue weighted by Gasteiger charge is -2.42. The molecule has 3 aromatic rings. The lowest BCUT2D eigenvalue weighted by Crippen LogP contribution is -2.53. The number of amides is 1. The van der Waals surface area contributed by atoms with Crippen molar-refractivity contribution in [3.05, 3.63) is 65.5 Å². The zero-order chi connectivity index (χ0) is 22.3. The number of imidazole rings is 1. The van der Waals surface area contributed by atoms with Crippen molar-refractivity contribution in [2.24, 2.45) is 5.73 Å². The first kappa shape index (κ1) is 21.0. The number of benzene rings is 2. The number of nitrogens with two attached hydrogens (primary N) is 1. The monoisotopic (exact) mass is 425 g/mol. The highest BCUT2D eigenvalue weighted by atomic mass is 19.1. The van der Waals surface area contributed by atoms with E-state index in [4.69, 9.17) is 10.7 Å². The van der Waals surface area contributed by atoms with Gasteiger partial charge in [-0.2, -0.15) is 0 Å². The molecule has 4 rings (SSSR count). The summed E-state index contributed by atoms with van der Waals surface area (Å²) >= 11 is 0. The molecule has 1 aliphatic heterocycles. The van der Waals surface area contributed by atoms with Crippen molar-refractivity contribution in [2.45, 2.75) is 32.9 Å². The highest BCUT2D eigenvalue weighted by Crippen LogP contribution is 2.40. The van der Waals surface area contributed by atoms with Crippen molar-refractivity contribution >= 4 is 17.4 Å². The third-order valence-electron chi connectivity index (χ3n) is 5.70. The maximum atomic E-state index is 14.9. The summed E-state index contributed by atoms with van der Waals surface area (Å²) in [5, 5.41) is 3.28. The number of aromatic nitrogens is 2. The van der Waals surface area contributed by atoms with Crippen LogP contribution in [0.15, 0.2) is 42.5 Å². The number of aryl methyl sites for hydroxylation is 1. The van der Waals surface area contributed by atoms with E-state index < -0.39 is 5.54 Å². The van der Waals surface area contributed by atoms with E-state index in [9.17, 15) is 13.6 Å². The van der Waals surface area contributed by atoms with E-state index in [-0.39, 0.29) is 24.1 Å². The van der Waals surface area contributed by atoms with Crippen molar-refractivity contribution in [1.29, 1.82) is 0 Å². The van der Waals surface area contributed by atoms with E-state index in [1.165, 1.54) is 18.2 Å². The number of anilines is 2. The Labute approximate surface area is 179 Å². The first-order chi connectivity index (χ1) is 14.7. The minimum Gasteiger partial charge on any atom is -0.340 e. The first-order valence-corrected chi connectivity index (χ1v) is 10.1. The number of nitrogens with one attached hydrogen (secondary N) is 1. The van der Waals surface area contributed by atoms with Crippen LogP contribution in [0.4, 0.5) is 20.3 Å². The Balaban J connectivity index is 1.89. The van der Waals surface area contributed by atoms with Gasteiger partial charge in [-0.25, -0.2) is 13.8 Å². The van der Waals surface area contributed by atoms with E-state index in [0.29, 0.717) is 41.7 Å². The SMILES string of the molecule is Cc1ccc(-c2nc3n(c2Nc2ccc(F)cc2)CCN(C(=O)CN)C3(C)C)c(F)c1. The van der Waals surface area contributed by atoms with Gasteiger partial charge in [-0.3, -0.25) is 4.79 Å². The van der Waals surface area contributed by atoms with Crippen molar-refractivity contribution in [3.8, 4) is 11.3 Å². The minimum atomic E-state index is -0.743. The summed E-state index contributed by atoms with van der Waals surface area (Å²) in [6.07, 6.45) is 0. The molecule has 8 heteroatoms. The van der Waals surface area contributed by atoms with Gasteiger partial charge in [0.2, 0.25) is 5.91 Å². The van der Waals surface area contributed by atoms with Crippen molar-refractivity contribution < 1.29 is 13.6 Å².